The number of unbranched alkanes of at least 4 members (excludes halogenated alkanes) is 4. The zero-order chi connectivity index (χ0) is 27.6. The number of carbonyl (C=O) groups is 1. The number of carbonyl (C=O) groups excluding carboxylic acids is 1. The van der Waals surface area contributed by atoms with E-state index in [9.17, 15) is 4.79 Å². The molecule has 0 spiro atoms. The zero-order valence-electron chi connectivity index (χ0n) is 22.2. The summed E-state index contributed by atoms with van der Waals surface area (Å²) in [4.78, 5) is 17.0. The number of benzene rings is 2. The largest absolute Gasteiger partial charge is 0.490 e. The highest BCUT2D eigenvalue weighted by Crippen LogP contribution is 2.32. The lowest BCUT2D eigenvalue weighted by Crippen LogP contribution is -2.35. The first kappa shape index (κ1) is 28.9. The second-order valence-corrected chi connectivity index (χ2v) is 10.9. The van der Waals surface area contributed by atoms with Gasteiger partial charge in [0.25, 0.3) is 5.91 Å². The lowest BCUT2D eigenvalue weighted by atomic mass is 10.1. The molecule has 0 unspecified atom stereocenters. The third-order valence-electron chi connectivity index (χ3n) is 5.99. The molecule has 0 saturated heterocycles. The number of nitrogens with zero attached hydrogens (tertiary/aromatic N) is 3. The van der Waals surface area contributed by atoms with Crippen LogP contribution in [0.25, 0.3) is 6.08 Å². The second kappa shape index (κ2) is 14.3. The van der Waals surface area contributed by atoms with E-state index in [1.165, 1.54) is 36.0 Å². The second-order valence-electron chi connectivity index (χ2n) is 8.97. The van der Waals surface area contributed by atoms with Crippen LogP contribution >= 0.6 is 27.7 Å². The number of thioether (sulfide) groups is 1. The molecule has 2 aromatic carbocycles. The van der Waals surface area contributed by atoms with Gasteiger partial charge in [0.2, 0.25) is 5.17 Å². The van der Waals surface area contributed by atoms with Crippen LogP contribution in [0.4, 0.5) is 0 Å². The van der Waals surface area contributed by atoms with Gasteiger partial charge in [0.1, 0.15) is 24.0 Å². The van der Waals surface area contributed by atoms with Crippen molar-refractivity contribution < 1.29 is 19.0 Å². The first-order valence-electron chi connectivity index (χ1n) is 13.3. The molecule has 2 heterocycles. The lowest BCUT2D eigenvalue weighted by Gasteiger charge is -2.20. The Kier molecular flexibility index (Phi) is 10.6. The fourth-order valence-corrected chi connectivity index (χ4v) is 5.21. The summed E-state index contributed by atoms with van der Waals surface area (Å²) >= 11 is 4.79. The van der Waals surface area contributed by atoms with Gasteiger partial charge in [-0.25, -0.2) is 0 Å². The molecule has 8 nitrogen and oxygen atoms in total. The van der Waals surface area contributed by atoms with E-state index in [1.807, 2.05) is 37.3 Å². The van der Waals surface area contributed by atoms with Gasteiger partial charge in [-0.2, -0.15) is 15.1 Å². The van der Waals surface area contributed by atoms with E-state index in [2.05, 4.69) is 32.9 Å². The van der Waals surface area contributed by atoms with Crippen molar-refractivity contribution >= 4 is 55.7 Å². The summed E-state index contributed by atoms with van der Waals surface area (Å²) < 4.78 is 18.4. The summed E-state index contributed by atoms with van der Waals surface area (Å²) in [6.45, 7) is 5.26. The number of amides is 1. The van der Waals surface area contributed by atoms with Crippen LogP contribution in [0.15, 0.2) is 62.6 Å². The monoisotopic (exact) mass is 612 g/mol. The minimum absolute atomic E-state index is 0.0295. The number of fused-ring (bicyclic) bond motifs is 1. The Balaban J connectivity index is 1.40. The molecule has 206 valence electrons. The molecule has 0 atom stereocenters. The maximum atomic E-state index is 12.8. The summed E-state index contributed by atoms with van der Waals surface area (Å²) in [6.07, 6.45) is 8.34. The quantitative estimate of drug-likeness (QED) is 0.178. The molecular weight excluding hydrogens is 580 g/mol. The Labute approximate surface area is 242 Å². The highest BCUT2D eigenvalue weighted by atomic mass is 79.9. The predicted molar refractivity (Wildman–Crippen MR) is 161 cm³/mol. The van der Waals surface area contributed by atoms with E-state index in [4.69, 9.17) is 19.6 Å². The van der Waals surface area contributed by atoms with Crippen LogP contribution in [0.1, 0.15) is 57.9 Å². The van der Waals surface area contributed by atoms with E-state index < -0.39 is 5.91 Å². The normalized spacial score (nSPS) is 15.8. The number of hydrazone groups is 1. The van der Waals surface area contributed by atoms with Gasteiger partial charge in [-0.15, -0.1) is 0 Å². The van der Waals surface area contributed by atoms with Crippen molar-refractivity contribution in [2.24, 2.45) is 10.1 Å². The number of nitrogens with one attached hydrogen (secondary N) is 1. The van der Waals surface area contributed by atoms with E-state index in [1.54, 1.807) is 18.2 Å². The molecule has 39 heavy (non-hydrogen) atoms. The van der Waals surface area contributed by atoms with Crippen molar-refractivity contribution in [3.8, 4) is 17.2 Å². The van der Waals surface area contributed by atoms with Crippen molar-refractivity contribution in [1.82, 2.24) is 5.01 Å². The highest BCUT2D eigenvalue weighted by Gasteiger charge is 2.35. The highest BCUT2D eigenvalue weighted by molar-refractivity contribution is 9.10. The number of hydrogen-bond acceptors (Lipinski definition) is 7. The van der Waals surface area contributed by atoms with Crippen molar-refractivity contribution in [2.45, 2.75) is 52.4 Å². The average Bonchev–Trinajstić information content (AvgIpc) is 3.34. The number of halogens is 1. The first-order valence-corrected chi connectivity index (χ1v) is 14.9. The molecule has 2 aliphatic rings. The van der Waals surface area contributed by atoms with Gasteiger partial charge in [-0.05, 0) is 79.6 Å². The smallest absolute Gasteiger partial charge is 0.283 e. The fraction of sp³-hybridized carbons (Fsp3) is 0.379. The molecule has 2 aliphatic heterocycles. The van der Waals surface area contributed by atoms with Crippen LogP contribution in [0.3, 0.4) is 0 Å². The summed E-state index contributed by atoms with van der Waals surface area (Å²) in [5.41, 5.74) is 0.891. The third-order valence-corrected chi connectivity index (χ3v) is 7.49. The first-order chi connectivity index (χ1) is 19.0. The van der Waals surface area contributed by atoms with Gasteiger partial charge < -0.3 is 14.2 Å². The van der Waals surface area contributed by atoms with E-state index >= 15 is 0 Å². The molecule has 2 aromatic rings. The van der Waals surface area contributed by atoms with Crippen molar-refractivity contribution in [3.05, 3.63) is 58.1 Å². The summed E-state index contributed by atoms with van der Waals surface area (Å²) in [5, 5.41) is 16.0. The van der Waals surface area contributed by atoms with Crippen LogP contribution in [-0.4, -0.2) is 46.8 Å². The van der Waals surface area contributed by atoms with Gasteiger partial charge in [0, 0.05) is 4.47 Å². The third kappa shape index (κ3) is 7.95. The van der Waals surface area contributed by atoms with Crippen molar-refractivity contribution in [3.63, 3.8) is 0 Å². The van der Waals surface area contributed by atoms with Gasteiger partial charge in [0.15, 0.2) is 17.3 Å². The van der Waals surface area contributed by atoms with Gasteiger partial charge >= 0.3 is 0 Å². The van der Waals surface area contributed by atoms with Crippen LogP contribution in [0.2, 0.25) is 0 Å². The van der Waals surface area contributed by atoms with Crippen LogP contribution < -0.4 is 14.2 Å². The number of hydrogen-bond donors (Lipinski definition) is 1. The van der Waals surface area contributed by atoms with Crippen molar-refractivity contribution in [2.75, 3.05) is 19.8 Å². The molecule has 0 bridgehead atoms. The molecule has 0 saturated carbocycles. The SMILES string of the molecule is CCCCCCCC1=NN2C(=N)/C(=C/c3ccc(OCCOc4ccc(Br)cc4)c(OCC)c3)C(=O)N=C2S1. The van der Waals surface area contributed by atoms with Crippen LogP contribution in [0.5, 0.6) is 17.2 Å². The molecule has 4 rings (SSSR count). The summed E-state index contributed by atoms with van der Waals surface area (Å²) in [6, 6.07) is 13.0. The van der Waals surface area contributed by atoms with Crippen LogP contribution in [-0.2, 0) is 4.79 Å². The lowest BCUT2D eigenvalue weighted by molar-refractivity contribution is -0.114. The van der Waals surface area contributed by atoms with Gasteiger partial charge in [0.05, 0.1) is 12.2 Å². The number of aliphatic imine (C=N–C) groups is 1. The van der Waals surface area contributed by atoms with Crippen molar-refractivity contribution in [1.29, 1.82) is 5.41 Å². The summed E-state index contributed by atoms with van der Waals surface area (Å²) in [7, 11) is 0. The van der Waals surface area contributed by atoms with Gasteiger partial charge in [-0.1, -0.05) is 54.6 Å². The Morgan fingerprint density at radius 1 is 0.974 bits per heavy atom. The Morgan fingerprint density at radius 2 is 1.74 bits per heavy atom. The predicted octanol–water partition coefficient (Wildman–Crippen LogP) is 7.29. The molecular formula is C29H33BrN4O4S. The van der Waals surface area contributed by atoms with E-state index in [0.717, 1.165) is 34.5 Å². The number of ether oxygens (including phenoxy) is 3. The number of rotatable bonds is 14. The minimum atomic E-state index is -0.443. The molecule has 1 amide bonds. The maximum Gasteiger partial charge on any atom is 0.283 e. The Hall–Kier alpha value is -3.11. The standard InChI is InChI=1S/C29H33BrN4O4S/c1-3-5-6-7-8-9-26-33-34-27(31)23(28(35)32-29(34)39-26)18-20-10-15-24(25(19-20)36-4-2)38-17-16-37-22-13-11-21(30)12-14-22/h10-15,18-19,31H,3-9,16-17H2,1-2H3/b23-18-,31-27?. The zero-order valence-corrected chi connectivity index (χ0v) is 24.6. The molecule has 10 heteroatoms. The molecule has 0 aromatic heterocycles. The van der Waals surface area contributed by atoms with Gasteiger partial charge in [-0.3, -0.25) is 10.2 Å². The minimum Gasteiger partial charge on any atom is -0.490 e. The molecule has 0 fully saturated rings. The van der Waals surface area contributed by atoms with Crippen LogP contribution in [0, 0.1) is 5.41 Å². The number of amidine groups is 2. The van der Waals surface area contributed by atoms with E-state index in [0.29, 0.717) is 42.1 Å². The molecule has 0 aliphatic carbocycles. The van der Waals surface area contributed by atoms with E-state index in [-0.39, 0.29) is 11.4 Å². The average molecular weight is 614 g/mol. The Bertz CT molecular complexity index is 1280. The topological polar surface area (TPSA) is 96.6 Å². The fourth-order valence-electron chi connectivity index (χ4n) is 4.02. The molecule has 0 radical (unpaired) electrons. The summed E-state index contributed by atoms with van der Waals surface area (Å²) in [5.74, 6) is 1.48. The molecule has 1 N–H and O–H groups in total. The Morgan fingerprint density at radius 3 is 2.51 bits per heavy atom. The maximum absolute atomic E-state index is 12.8.